The first-order valence-electron chi connectivity index (χ1n) is 9.09. The highest BCUT2D eigenvalue weighted by Crippen LogP contribution is 2.25. The zero-order valence-electron chi connectivity index (χ0n) is 16.0. The summed E-state index contributed by atoms with van der Waals surface area (Å²) in [6.07, 6.45) is -4.39. The van der Waals surface area contributed by atoms with E-state index < -0.39 is 24.7 Å². The van der Waals surface area contributed by atoms with Gasteiger partial charge in [-0.1, -0.05) is 32.9 Å². The van der Waals surface area contributed by atoms with Crippen LogP contribution >= 0.6 is 0 Å². The lowest BCUT2D eigenvalue weighted by atomic mass is 9.87. The number of rotatable bonds is 6. The van der Waals surface area contributed by atoms with Gasteiger partial charge in [0.15, 0.2) is 6.61 Å². The molecule has 1 atom stereocenters. The lowest BCUT2D eigenvalue weighted by Crippen LogP contribution is -2.57. The first-order chi connectivity index (χ1) is 12.6. The lowest BCUT2D eigenvalue weighted by molar-refractivity contribution is -0.184. The van der Waals surface area contributed by atoms with Gasteiger partial charge in [0.25, 0.3) is 5.91 Å². The highest BCUT2D eigenvalue weighted by atomic mass is 19.4. The minimum absolute atomic E-state index is 0.00643. The summed E-state index contributed by atoms with van der Waals surface area (Å²) >= 11 is 0. The first-order valence-corrected chi connectivity index (χ1v) is 9.09. The number of ether oxygens (including phenoxy) is 1. The maximum atomic E-state index is 13.3. The fraction of sp³-hybridized carbons (Fsp3) is 0.632. The van der Waals surface area contributed by atoms with Crippen molar-refractivity contribution in [2.45, 2.75) is 38.4 Å². The summed E-state index contributed by atoms with van der Waals surface area (Å²) in [5.41, 5.74) is 1.13. The van der Waals surface area contributed by atoms with Crippen LogP contribution in [0, 0.1) is 0 Å². The van der Waals surface area contributed by atoms with Gasteiger partial charge in [0, 0.05) is 32.7 Å². The van der Waals surface area contributed by atoms with E-state index in [4.69, 9.17) is 4.74 Å². The molecule has 0 aliphatic carbocycles. The number of carbonyl (C=O) groups excluding carboxylic acids is 1. The summed E-state index contributed by atoms with van der Waals surface area (Å²) in [5, 5.41) is 5.37. The smallest absolute Gasteiger partial charge is 0.405 e. The van der Waals surface area contributed by atoms with Gasteiger partial charge in [-0.2, -0.15) is 13.2 Å². The van der Waals surface area contributed by atoms with Crippen molar-refractivity contribution >= 4 is 5.91 Å². The number of alkyl halides is 3. The molecule has 1 amide bonds. The summed E-state index contributed by atoms with van der Waals surface area (Å²) in [7, 11) is 0. The second-order valence-corrected chi connectivity index (χ2v) is 7.71. The Morgan fingerprint density at radius 1 is 1.19 bits per heavy atom. The standard InChI is InChI=1S/C19H28F3N3O2/c1-18(2,3)14-4-6-15(7-5-14)27-13-17(26)24-12-16(19(20,21)22)25-10-8-23-9-11-25/h4-7,16,23H,8-13H2,1-3H3,(H,24,26). The largest absolute Gasteiger partial charge is 0.484 e. The van der Waals surface area contributed by atoms with Gasteiger partial charge >= 0.3 is 6.18 Å². The third-order valence-electron chi connectivity index (χ3n) is 4.55. The predicted octanol–water partition coefficient (Wildman–Crippen LogP) is 2.32. The van der Waals surface area contributed by atoms with E-state index in [0.717, 1.165) is 5.56 Å². The Bertz CT molecular complexity index is 606. The van der Waals surface area contributed by atoms with Crippen LogP contribution in [0.3, 0.4) is 0 Å². The third kappa shape index (κ3) is 6.70. The van der Waals surface area contributed by atoms with Crippen molar-refractivity contribution in [3.8, 4) is 5.75 Å². The number of hydrogen-bond acceptors (Lipinski definition) is 4. The summed E-state index contributed by atoms with van der Waals surface area (Å²) in [6.45, 7) is 7.09. The van der Waals surface area contributed by atoms with Gasteiger partial charge in [0.2, 0.25) is 0 Å². The Balaban J connectivity index is 1.83. The molecular weight excluding hydrogens is 359 g/mol. The van der Waals surface area contributed by atoms with Crippen molar-refractivity contribution in [3.05, 3.63) is 29.8 Å². The van der Waals surface area contributed by atoms with Crippen molar-refractivity contribution in [1.29, 1.82) is 0 Å². The second-order valence-electron chi connectivity index (χ2n) is 7.71. The summed E-state index contributed by atoms with van der Waals surface area (Å²) < 4.78 is 45.3. The SMILES string of the molecule is CC(C)(C)c1ccc(OCC(=O)NCC(N2CCNCC2)C(F)(F)F)cc1. The van der Waals surface area contributed by atoms with E-state index in [1.807, 2.05) is 12.1 Å². The maximum absolute atomic E-state index is 13.3. The summed E-state index contributed by atoms with van der Waals surface area (Å²) in [4.78, 5) is 13.3. The molecular formula is C19H28F3N3O2. The average Bonchev–Trinajstić information content (AvgIpc) is 2.59. The molecule has 2 rings (SSSR count). The molecule has 5 nitrogen and oxygen atoms in total. The second kappa shape index (κ2) is 8.93. The van der Waals surface area contributed by atoms with Crippen LogP contribution in [0.2, 0.25) is 0 Å². The van der Waals surface area contributed by atoms with Gasteiger partial charge in [-0.15, -0.1) is 0 Å². The van der Waals surface area contributed by atoms with Gasteiger partial charge in [-0.05, 0) is 23.1 Å². The molecule has 0 bridgehead atoms. The molecule has 0 radical (unpaired) electrons. The number of piperazine rings is 1. The number of halogens is 3. The normalized spacial score (nSPS) is 17.4. The number of hydrogen-bond donors (Lipinski definition) is 2. The van der Waals surface area contributed by atoms with Gasteiger partial charge in [-0.25, -0.2) is 0 Å². The zero-order valence-corrected chi connectivity index (χ0v) is 16.0. The van der Waals surface area contributed by atoms with Gasteiger partial charge in [0.1, 0.15) is 11.8 Å². The molecule has 1 heterocycles. The van der Waals surface area contributed by atoms with Crippen LogP contribution in [-0.4, -0.2) is 62.4 Å². The fourth-order valence-electron chi connectivity index (χ4n) is 2.91. The molecule has 1 aromatic carbocycles. The molecule has 0 spiro atoms. The first kappa shape index (κ1) is 21.5. The molecule has 27 heavy (non-hydrogen) atoms. The zero-order chi connectivity index (χ0) is 20.1. The van der Waals surface area contributed by atoms with E-state index in [-0.39, 0.29) is 12.0 Å². The molecule has 1 aliphatic heterocycles. The van der Waals surface area contributed by atoms with E-state index in [0.29, 0.717) is 31.9 Å². The van der Waals surface area contributed by atoms with Crippen molar-refractivity contribution in [2.75, 3.05) is 39.3 Å². The lowest BCUT2D eigenvalue weighted by Gasteiger charge is -2.35. The van der Waals surface area contributed by atoms with Gasteiger partial charge < -0.3 is 15.4 Å². The quantitative estimate of drug-likeness (QED) is 0.787. The highest BCUT2D eigenvalue weighted by Gasteiger charge is 2.43. The van der Waals surface area contributed by atoms with E-state index in [1.54, 1.807) is 12.1 Å². The molecule has 0 saturated carbocycles. The number of nitrogens with zero attached hydrogens (tertiary/aromatic N) is 1. The molecule has 1 fully saturated rings. The van der Waals surface area contributed by atoms with Gasteiger partial charge in [-0.3, -0.25) is 9.69 Å². The molecule has 8 heteroatoms. The molecule has 152 valence electrons. The molecule has 1 aliphatic rings. The monoisotopic (exact) mass is 387 g/mol. The Kier molecular flexibility index (Phi) is 7.11. The van der Waals surface area contributed by atoms with Crippen LogP contribution in [-0.2, 0) is 10.2 Å². The van der Waals surface area contributed by atoms with Crippen molar-refractivity contribution in [1.82, 2.24) is 15.5 Å². The Morgan fingerprint density at radius 3 is 2.30 bits per heavy atom. The summed E-state index contributed by atoms with van der Waals surface area (Å²) in [5.74, 6) is -0.0630. The molecule has 2 N–H and O–H groups in total. The third-order valence-corrected chi connectivity index (χ3v) is 4.55. The van der Waals surface area contributed by atoms with Crippen molar-refractivity contribution in [2.24, 2.45) is 0 Å². The molecule has 1 saturated heterocycles. The summed E-state index contributed by atoms with van der Waals surface area (Å²) in [6, 6.07) is 5.66. The van der Waals surface area contributed by atoms with E-state index in [2.05, 4.69) is 31.4 Å². The number of benzene rings is 1. The number of carbonyl (C=O) groups is 1. The van der Waals surface area contributed by atoms with Gasteiger partial charge in [0.05, 0.1) is 0 Å². The van der Waals surface area contributed by atoms with E-state index in [9.17, 15) is 18.0 Å². The maximum Gasteiger partial charge on any atom is 0.405 e. The van der Waals surface area contributed by atoms with Crippen LogP contribution in [0.25, 0.3) is 0 Å². The highest BCUT2D eigenvalue weighted by molar-refractivity contribution is 5.77. The van der Waals surface area contributed by atoms with Crippen molar-refractivity contribution in [3.63, 3.8) is 0 Å². The fourth-order valence-corrected chi connectivity index (χ4v) is 2.91. The van der Waals surface area contributed by atoms with E-state index in [1.165, 1.54) is 4.90 Å². The van der Waals surface area contributed by atoms with Crippen LogP contribution in [0.15, 0.2) is 24.3 Å². The Morgan fingerprint density at radius 2 is 1.78 bits per heavy atom. The number of nitrogens with one attached hydrogen (secondary N) is 2. The molecule has 0 aromatic heterocycles. The molecule has 1 aromatic rings. The minimum atomic E-state index is -4.39. The molecule has 1 unspecified atom stereocenters. The Labute approximate surface area is 158 Å². The van der Waals surface area contributed by atoms with Crippen molar-refractivity contribution < 1.29 is 22.7 Å². The number of amides is 1. The Hall–Kier alpha value is -1.80. The minimum Gasteiger partial charge on any atom is -0.484 e. The average molecular weight is 387 g/mol. The van der Waals surface area contributed by atoms with E-state index >= 15 is 0 Å². The van der Waals surface area contributed by atoms with Crippen LogP contribution < -0.4 is 15.4 Å². The topological polar surface area (TPSA) is 53.6 Å². The predicted molar refractivity (Wildman–Crippen MR) is 97.9 cm³/mol. The van der Waals surface area contributed by atoms with Crippen LogP contribution in [0.1, 0.15) is 26.3 Å². The van der Waals surface area contributed by atoms with Crippen LogP contribution in [0.4, 0.5) is 13.2 Å². The van der Waals surface area contributed by atoms with Crippen LogP contribution in [0.5, 0.6) is 5.75 Å².